The number of benzene rings is 2. The highest BCUT2D eigenvalue weighted by Crippen LogP contribution is 2.12. The van der Waals surface area contributed by atoms with Gasteiger partial charge in [-0.15, -0.1) is 0 Å². The van der Waals surface area contributed by atoms with Crippen molar-refractivity contribution in [3.05, 3.63) is 65.7 Å². The highest BCUT2D eigenvalue weighted by Gasteiger charge is 2.32. The zero-order valence-electron chi connectivity index (χ0n) is 22.5. The maximum Gasteiger partial charge on any atom is 0.326 e. The van der Waals surface area contributed by atoms with Crippen molar-refractivity contribution in [2.45, 2.75) is 63.7 Å². The van der Waals surface area contributed by atoms with Gasteiger partial charge in [-0.2, -0.15) is 0 Å². The van der Waals surface area contributed by atoms with E-state index >= 15 is 0 Å². The number of primary amides is 1. The minimum absolute atomic E-state index is 0.00819. The highest BCUT2D eigenvalue weighted by molar-refractivity contribution is 5.96. The van der Waals surface area contributed by atoms with Gasteiger partial charge in [0.15, 0.2) is 0 Å². The number of nitrogens with one attached hydrogen (secondary N) is 3. The second kappa shape index (κ2) is 15.2. The van der Waals surface area contributed by atoms with E-state index in [1.165, 1.54) is 24.3 Å². The molecule has 0 aromatic heterocycles. The fraction of sp³-hybridized carbons (Fsp3) is 0.393. The monoisotopic (exact) mass is 555 g/mol. The number of aliphatic carboxylic acids is 1. The van der Waals surface area contributed by atoms with E-state index in [0.717, 1.165) is 5.56 Å². The van der Waals surface area contributed by atoms with E-state index in [4.69, 9.17) is 11.5 Å². The Morgan fingerprint density at radius 1 is 0.775 bits per heavy atom. The first-order valence-electron chi connectivity index (χ1n) is 12.9. The van der Waals surface area contributed by atoms with Gasteiger partial charge in [-0.3, -0.25) is 19.2 Å². The Hall–Kier alpha value is -4.45. The number of carbonyl (C=O) groups excluding carboxylic acids is 4. The van der Waals surface area contributed by atoms with Crippen LogP contribution in [0, 0.1) is 5.92 Å². The van der Waals surface area contributed by atoms with Crippen LogP contribution >= 0.6 is 0 Å². The van der Waals surface area contributed by atoms with Crippen LogP contribution in [0.3, 0.4) is 0 Å². The van der Waals surface area contributed by atoms with Gasteiger partial charge in [-0.1, -0.05) is 62.7 Å². The predicted molar refractivity (Wildman–Crippen MR) is 147 cm³/mol. The van der Waals surface area contributed by atoms with Crippen LogP contribution in [-0.4, -0.2) is 64.0 Å². The van der Waals surface area contributed by atoms with Gasteiger partial charge in [0.05, 0.1) is 12.5 Å². The number of hydrogen-bond acceptors (Lipinski definition) is 7. The second-order valence-corrected chi connectivity index (χ2v) is 9.66. The van der Waals surface area contributed by atoms with E-state index in [0.29, 0.717) is 12.0 Å². The van der Waals surface area contributed by atoms with Gasteiger partial charge in [-0.25, -0.2) is 4.79 Å². The number of aromatic hydroxyl groups is 1. The lowest BCUT2D eigenvalue weighted by atomic mass is 9.98. The highest BCUT2D eigenvalue weighted by atomic mass is 16.4. The van der Waals surface area contributed by atoms with Crippen LogP contribution in [0.4, 0.5) is 0 Å². The molecule has 0 heterocycles. The number of rotatable bonds is 15. The van der Waals surface area contributed by atoms with Crippen LogP contribution in [0.15, 0.2) is 54.6 Å². The second-order valence-electron chi connectivity index (χ2n) is 9.66. The molecule has 0 spiro atoms. The molecule has 9 N–H and O–H groups in total. The minimum Gasteiger partial charge on any atom is -0.508 e. The number of carboxylic acids is 1. The van der Waals surface area contributed by atoms with Gasteiger partial charge in [0.25, 0.3) is 0 Å². The first kappa shape index (κ1) is 31.8. The summed E-state index contributed by atoms with van der Waals surface area (Å²) in [6, 6.07) is 9.65. The Labute approximate surface area is 232 Å². The number of amides is 4. The van der Waals surface area contributed by atoms with Crippen molar-refractivity contribution in [2.24, 2.45) is 17.4 Å². The zero-order valence-corrected chi connectivity index (χ0v) is 22.5. The van der Waals surface area contributed by atoms with E-state index in [9.17, 15) is 34.2 Å². The van der Waals surface area contributed by atoms with Crippen molar-refractivity contribution in [3.63, 3.8) is 0 Å². The van der Waals surface area contributed by atoms with Gasteiger partial charge >= 0.3 is 5.97 Å². The topological polar surface area (TPSA) is 214 Å². The maximum absolute atomic E-state index is 13.3. The van der Waals surface area contributed by atoms with Crippen molar-refractivity contribution in [3.8, 4) is 5.75 Å². The Bertz CT molecular complexity index is 1170. The number of carbonyl (C=O) groups is 5. The largest absolute Gasteiger partial charge is 0.508 e. The summed E-state index contributed by atoms with van der Waals surface area (Å²) in [5, 5.41) is 26.5. The summed E-state index contributed by atoms with van der Waals surface area (Å²) in [5.74, 6) is -4.70. The lowest BCUT2D eigenvalue weighted by molar-refractivity contribution is -0.142. The molecule has 216 valence electrons. The van der Waals surface area contributed by atoms with Gasteiger partial charge in [0.1, 0.15) is 23.9 Å². The minimum atomic E-state index is -1.51. The molecule has 0 aliphatic heterocycles. The van der Waals surface area contributed by atoms with Crippen molar-refractivity contribution < 1.29 is 34.2 Å². The molecule has 0 fully saturated rings. The summed E-state index contributed by atoms with van der Waals surface area (Å²) in [7, 11) is 0. The summed E-state index contributed by atoms with van der Waals surface area (Å²) < 4.78 is 0. The van der Waals surface area contributed by atoms with Crippen molar-refractivity contribution in [1.29, 1.82) is 0 Å². The Morgan fingerprint density at radius 2 is 1.27 bits per heavy atom. The zero-order chi connectivity index (χ0) is 29.8. The molecule has 0 saturated carbocycles. The fourth-order valence-corrected chi connectivity index (χ4v) is 3.86. The number of hydrogen-bond donors (Lipinski definition) is 7. The number of nitrogens with two attached hydrogens (primary N) is 2. The first-order chi connectivity index (χ1) is 18.9. The Morgan fingerprint density at radius 3 is 1.82 bits per heavy atom. The van der Waals surface area contributed by atoms with Crippen LogP contribution in [0.1, 0.15) is 37.8 Å². The van der Waals surface area contributed by atoms with E-state index in [1.54, 1.807) is 37.3 Å². The van der Waals surface area contributed by atoms with Crippen molar-refractivity contribution >= 4 is 29.6 Å². The lowest BCUT2D eigenvalue weighted by Gasteiger charge is -2.26. The third-order valence-corrected chi connectivity index (χ3v) is 6.50. The molecule has 0 aliphatic rings. The molecule has 4 amide bonds. The number of phenols is 1. The summed E-state index contributed by atoms with van der Waals surface area (Å²) in [5.41, 5.74) is 12.6. The van der Waals surface area contributed by atoms with Crippen LogP contribution < -0.4 is 27.4 Å². The molecule has 0 saturated heterocycles. The van der Waals surface area contributed by atoms with Crippen LogP contribution in [-0.2, 0) is 36.8 Å². The number of carboxylic acid groups (broad SMARTS) is 1. The van der Waals surface area contributed by atoms with Crippen LogP contribution in [0.25, 0.3) is 0 Å². The Kier molecular flexibility index (Phi) is 12.1. The van der Waals surface area contributed by atoms with E-state index in [2.05, 4.69) is 16.0 Å². The van der Waals surface area contributed by atoms with Crippen molar-refractivity contribution in [2.75, 3.05) is 0 Å². The van der Waals surface area contributed by atoms with Gasteiger partial charge < -0.3 is 37.6 Å². The quantitative estimate of drug-likeness (QED) is 0.158. The molecule has 2 aromatic carbocycles. The normalized spacial score (nSPS) is 14.6. The summed E-state index contributed by atoms with van der Waals surface area (Å²) in [4.78, 5) is 62.8. The Balaban J connectivity index is 2.23. The van der Waals surface area contributed by atoms with Gasteiger partial charge in [0.2, 0.25) is 23.6 Å². The third-order valence-electron chi connectivity index (χ3n) is 6.50. The molecule has 2 rings (SSSR count). The molecule has 5 atom stereocenters. The predicted octanol–water partition coefficient (Wildman–Crippen LogP) is -0.0348. The molecular formula is C28H37N5O7. The van der Waals surface area contributed by atoms with E-state index in [-0.39, 0.29) is 24.5 Å². The fourth-order valence-electron chi connectivity index (χ4n) is 3.86. The first-order valence-corrected chi connectivity index (χ1v) is 12.9. The molecular weight excluding hydrogens is 518 g/mol. The van der Waals surface area contributed by atoms with Gasteiger partial charge in [0, 0.05) is 12.8 Å². The molecule has 40 heavy (non-hydrogen) atoms. The molecule has 12 nitrogen and oxygen atoms in total. The number of phenolic OH excluding ortho intramolecular Hbond substituents is 1. The van der Waals surface area contributed by atoms with Gasteiger partial charge in [-0.05, 0) is 29.2 Å². The molecule has 0 aliphatic carbocycles. The van der Waals surface area contributed by atoms with Crippen molar-refractivity contribution in [1.82, 2.24) is 16.0 Å². The van der Waals surface area contributed by atoms with Crippen LogP contribution in [0.2, 0.25) is 0 Å². The lowest BCUT2D eigenvalue weighted by Crippen LogP contribution is -2.58. The molecule has 0 radical (unpaired) electrons. The summed E-state index contributed by atoms with van der Waals surface area (Å²) in [6.45, 7) is 3.69. The molecule has 12 heteroatoms. The summed E-state index contributed by atoms with van der Waals surface area (Å²) >= 11 is 0. The SMILES string of the molecule is CCC(C)C(N)C(=O)NC(Cc1ccccc1)C(=O)NC(CC(N)=O)C(=O)NC(Cc1ccc(O)cc1)C(=O)O. The third kappa shape index (κ3) is 10.0. The maximum atomic E-state index is 13.3. The molecule has 2 aromatic rings. The van der Waals surface area contributed by atoms with E-state index in [1.807, 2.05) is 6.92 Å². The average Bonchev–Trinajstić information content (AvgIpc) is 2.92. The smallest absolute Gasteiger partial charge is 0.326 e. The standard InChI is InChI=1S/C28H37N5O7/c1-3-16(2)24(30)27(38)32-20(13-17-7-5-4-6-8-17)25(36)31-21(15-23(29)35)26(37)33-22(28(39)40)14-18-9-11-19(34)12-10-18/h4-12,16,20-22,24,34H,3,13-15,30H2,1-2H3,(H2,29,35)(H,31,36)(H,32,38)(H,33,37)(H,39,40). The van der Waals surface area contributed by atoms with Crippen LogP contribution in [0.5, 0.6) is 5.75 Å². The summed E-state index contributed by atoms with van der Waals surface area (Å²) in [6.07, 6.45) is -0.0324. The average molecular weight is 556 g/mol. The molecule has 0 bridgehead atoms. The molecule has 5 unspecified atom stereocenters. The van der Waals surface area contributed by atoms with E-state index < -0.39 is 60.2 Å².